The van der Waals surface area contributed by atoms with E-state index in [1.165, 1.54) is 0 Å². The van der Waals surface area contributed by atoms with Gasteiger partial charge in [-0.15, -0.1) is 0 Å². The average molecular weight is 247 g/mol. The third kappa shape index (κ3) is 2.28. The average Bonchev–Trinajstić information content (AvgIpc) is 2.08. The summed E-state index contributed by atoms with van der Waals surface area (Å²) in [6.45, 7) is 1.62. The van der Waals surface area contributed by atoms with Crippen molar-refractivity contribution < 1.29 is 14.3 Å². The Morgan fingerprint density at radius 1 is 1.62 bits per heavy atom. The zero-order valence-corrected chi connectivity index (χ0v) is 8.51. The molecule has 0 heterocycles. The Hall–Kier alpha value is -0.900. The maximum absolute atomic E-state index is 12.7. The number of carbonyl (C=O) groups excluding carboxylic acids is 1. The van der Waals surface area contributed by atoms with Crippen molar-refractivity contribution in [2.45, 2.75) is 11.8 Å². The second kappa shape index (κ2) is 3.87. The standard InChI is InChI=1S/C9H8BrFO2/c1-5(10)9(13)7-4-6(11)2-3-8(7)12/h2-5,12H,1H3. The third-order valence-corrected chi connectivity index (χ3v) is 2.00. The molecule has 0 aliphatic carbocycles. The first kappa shape index (κ1) is 10.2. The molecule has 0 aliphatic rings. The van der Waals surface area contributed by atoms with Gasteiger partial charge in [-0.2, -0.15) is 0 Å². The zero-order valence-electron chi connectivity index (χ0n) is 6.92. The molecule has 0 aromatic heterocycles. The number of phenolic OH excluding ortho intramolecular Hbond substituents is 1. The number of alkyl halides is 1. The molecule has 0 spiro atoms. The van der Waals surface area contributed by atoms with Crippen LogP contribution in [0.15, 0.2) is 18.2 Å². The Labute approximate surface area is 83.5 Å². The normalized spacial score (nSPS) is 12.5. The predicted molar refractivity (Wildman–Crippen MR) is 50.8 cm³/mol. The van der Waals surface area contributed by atoms with Crippen LogP contribution in [0.3, 0.4) is 0 Å². The molecule has 0 aliphatic heterocycles. The molecule has 1 aromatic carbocycles. The second-order valence-corrected chi connectivity index (χ2v) is 4.02. The first-order chi connectivity index (χ1) is 6.02. The van der Waals surface area contributed by atoms with Crippen LogP contribution in [0, 0.1) is 5.82 Å². The highest BCUT2D eigenvalue weighted by molar-refractivity contribution is 9.10. The van der Waals surface area contributed by atoms with Crippen LogP contribution < -0.4 is 0 Å². The number of carbonyl (C=O) groups is 1. The molecule has 2 nitrogen and oxygen atoms in total. The number of hydrogen-bond acceptors (Lipinski definition) is 2. The van der Waals surface area contributed by atoms with Crippen LogP contribution >= 0.6 is 15.9 Å². The molecule has 0 saturated carbocycles. The number of Topliss-reactive ketones (excluding diaryl/α,β-unsaturated/α-hetero) is 1. The lowest BCUT2D eigenvalue weighted by atomic mass is 10.1. The van der Waals surface area contributed by atoms with Crippen molar-refractivity contribution in [3.8, 4) is 5.75 Å². The van der Waals surface area contributed by atoms with E-state index in [4.69, 9.17) is 0 Å². The van der Waals surface area contributed by atoms with E-state index >= 15 is 0 Å². The molecule has 1 atom stereocenters. The number of aromatic hydroxyl groups is 1. The molecule has 1 aromatic rings. The number of halogens is 2. The highest BCUT2D eigenvalue weighted by Crippen LogP contribution is 2.21. The molecule has 0 radical (unpaired) electrons. The van der Waals surface area contributed by atoms with Crippen molar-refractivity contribution in [3.63, 3.8) is 0 Å². The van der Waals surface area contributed by atoms with Gasteiger partial charge in [0.2, 0.25) is 0 Å². The van der Waals surface area contributed by atoms with E-state index < -0.39 is 10.6 Å². The van der Waals surface area contributed by atoms with Gasteiger partial charge in [0.05, 0.1) is 10.4 Å². The van der Waals surface area contributed by atoms with Gasteiger partial charge in [0.25, 0.3) is 0 Å². The molecule has 0 saturated heterocycles. The summed E-state index contributed by atoms with van der Waals surface area (Å²) in [7, 11) is 0. The Bertz CT molecular complexity index is 336. The summed E-state index contributed by atoms with van der Waals surface area (Å²) in [6.07, 6.45) is 0. The molecule has 13 heavy (non-hydrogen) atoms. The smallest absolute Gasteiger partial charge is 0.179 e. The van der Waals surface area contributed by atoms with Gasteiger partial charge < -0.3 is 5.11 Å². The van der Waals surface area contributed by atoms with Crippen LogP contribution in [0.5, 0.6) is 5.75 Å². The molecular weight excluding hydrogens is 239 g/mol. The molecular formula is C9H8BrFO2. The third-order valence-electron chi connectivity index (χ3n) is 1.59. The SMILES string of the molecule is CC(Br)C(=O)c1cc(F)ccc1O. The minimum atomic E-state index is -0.533. The van der Waals surface area contributed by atoms with Crippen molar-refractivity contribution in [2.75, 3.05) is 0 Å². The fourth-order valence-electron chi connectivity index (χ4n) is 0.920. The van der Waals surface area contributed by atoms with Crippen molar-refractivity contribution in [3.05, 3.63) is 29.6 Å². The topological polar surface area (TPSA) is 37.3 Å². The van der Waals surface area contributed by atoms with Gasteiger partial charge >= 0.3 is 0 Å². The van der Waals surface area contributed by atoms with E-state index in [0.717, 1.165) is 18.2 Å². The van der Waals surface area contributed by atoms with E-state index in [-0.39, 0.29) is 17.1 Å². The summed E-state index contributed by atoms with van der Waals surface area (Å²) in [5.74, 6) is -1.07. The van der Waals surface area contributed by atoms with Gasteiger partial charge in [-0.3, -0.25) is 4.79 Å². The minimum Gasteiger partial charge on any atom is -0.507 e. The minimum absolute atomic E-state index is 0.00405. The monoisotopic (exact) mass is 246 g/mol. The van der Waals surface area contributed by atoms with Gasteiger partial charge in [-0.1, -0.05) is 15.9 Å². The lowest BCUT2D eigenvalue weighted by Crippen LogP contribution is -2.10. The van der Waals surface area contributed by atoms with E-state index in [1.54, 1.807) is 6.92 Å². The molecule has 0 fully saturated rings. The maximum atomic E-state index is 12.7. The van der Waals surface area contributed by atoms with Crippen LogP contribution in [0.4, 0.5) is 4.39 Å². The summed E-state index contributed by atoms with van der Waals surface area (Å²) in [4.78, 5) is 10.9. The van der Waals surface area contributed by atoms with Gasteiger partial charge in [0.1, 0.15) is 11.6 Å². The van der Waals surface area contributed by atoms with Crippen LogP contribution in [-0.2, 0) is 0 Å². The number of phenols is 1. The highest BCUT2D eigenvalue weighted by Gasteiger charge is 2.16. The van der Waals surface area contributed by atoms with Crippen LogP contribution in [0.1, 0.15) is 17.3 Å². The molecule has 0 bridgehead atoms. The maximum Gasteiger partial charge on any atom is 0.179 e. The number of hydrogen-bond donors (Lipinski definition) is 1. The molecule has 1 rings (SSSR count). The first-order valence-corrected chi connectivity index (χ1v) is 4.60. The molecule has 1 N–H and O–H groups in total. The Morgan fingerprint density at radius 2 is 2.23 bits per heavy atom. The predicted octanol–water partition coefficient (Wildman–Crippen LogP) is 2.50. The zero-order chi connectivity index (χ0) is 10.0. The van der Waals surface area contributed by atoms with Crippen LogP contribution in [0.25, 0.3) is 0 Å². The molecule has 1 unspecified atom stereocenters. The van der Waals surface area contributed by atoms with Crippen LogP contribution in [0.2, 0.25) is 0 Å². The summed E-state index contributed by atoms with van der Waals surface area (Å²) in [5.41, 5.74) is 0.00405. The number of ketones is 1. The summed E-state index contributed by atoms with van der Waals surface area (Å²) >= 11 is 3.05. The number of benzene rings is 1. The lowest BCUT2D eigenvalue weighted by molar-refractivity contribution is 0.0993. The van der Waals surface area contributed by atoms with Gasteiger partial charge in [0.15, 0.2) is 5.78 Å². The highest BCUT2D eigenvalue weighted by atomic mass is 79.9. The van der Waals surface area contributed by atoms with E-state index in [2.05, 4.69) is 15.9 Å². The van der Waals surface area contributed by atoms with Crippen molar-refractivity contribution in [1.82, 2.24) is 0 Å². The summed E-state index contributed by atoms with van der Waals surface area (Å²) < 4.78 is 12.7. The lowest BCUT2D eigenvalue weighted by Gasteiger charge is -2.04. The van der Waals surface area contributed by atoms with E-state index in [9.17, 15) is 14.3 Å². The fourth-order valence-corrected chi connectivity index (χ4v) is 1.17. The van der Waals surface area contributed by atoms with Gasteiger partial charge in [-0.25, -0.2) is 4.39 Å². The Balaban J connectivity index is 3.13. The van der Waals surface area contributed by atoms with Crippen LogP contribution in [-0.4, -0.2) is 15.7 Å². The van der Waals surface area contributed by atoms with E-state index in [1.807, 2.05) is 0 Å². The Morgan fingerprint density at radius 3 is 2.77 bits per heavy atom. The van der Waals surface area contributed by atoms with E-state index in [0.29, 0.717) is 0 Å². The quantitative estimate of drug-likeness (QED) is 0.643. The molecule has 70 valence electrons. The second-order valence-electron chi connectivity index (χ2n) is 2.64. The molecule has 0 amide bonds. The molecule has 4 heteroatoms. The van der Waals surface area contributed by atoms with Gasteiger partial charge in [0, 0.05) is 0 Å². The van der Waals surface area contributed by atoms with Crippen molar-refractivity contribution >= 4 is 21.7 Å². The summed E-state index contributed by atoms with van der Waals surface area (Å²) in [5, 5.41) is 9.25. The largest absolute Gasteiger partial charge is 0.507 e. The fraction of sp³-hybridized carbons (Fsp3) is 0.222. The van der Waals surface area contributed by atoms with Crippen molar-refractivity contribution in [1.29, 1.82) is 0 Å². The van der Waals surface area contributed by atoms with Crippen molar-refractivity contribution in [2.24, 2.45) is 0 Å². The summed E-state index contributed by atoms with van der Waals surface area (Å²) in [6, 6.07) is 3.29. The Kier molecular flexibility index (Phi) is 3.03. The number of rotatable bonds is 2. The van der Waals surface area contributed by atoms with Gasteiger partial charge in [-0.05, 0) is 25.1 Å². The first-order valence-electron chi connectivity index (χ1n) is 3.69.